The first-order valence-electron chi connectivity index (χ1n) is 9.28. The molecular weight excluding hydrogens is 404 g/mol. The summed E-state index contributed by atoms with van der Waals surface area (Å²) in [6.07, 6.45) is 1.37. The third-order valence-electron chi connectivity index (χ3n) is 4.53. The van der Waals surface area contributed by atoms with Gasteiger partial charge in [0.25, 0.3) is 11.6 Å². The van der Waals surface area contributed by atoms with Crippen molar-refractivity contribution in [2.75, 3.05) is 5.32 Å². The maximum absolute atomic E-state index is 12.5. The number of aryl methyl sites for hydroxylation is 2. The second-order valence-electron chi connectivity index (χ2n) is 6.99. The predicted molar refractivity (Wildman–Crippen MR) is 112 cm³/mol. The minimum absolute atomic E-state index is 0.0309. The van der Waals surface area contributed by atoms with Crippen molar-refractivity contribution in [2.24, 2.45) is 0 Å². The summed E-state index contributed by atoms with van der Waals surface area (Å²) in [7, 11) is 0. The number of amides is 1. The van der Waals surface area contributed by atoms with Gasteiger partial charge in [0.15, 0.2) is 5.69 Å². The highest BCUT2D eigenvalue weighted by Gasteiger charge is 2.19. The number of carbonyl (C=O) groups excluding carboxylic acids is 1. The summed E-state index contributed by atoms with van der Waals surface area (Å²) in [4.78, 5) is 34.3. The fourth-order valence-corrected chi connectivity index (χ4v) is 2.75. The van der Waals surface area contributed by atoms with Crippen molar-refractivity contribution in [2.45, 2.75) is 26.8 Å². The van der Waals surface area contributed by atoms with Crippen LogP contribution in [0.15, 0.2) is 48.7 Å². The van der Waals surface area contributed by atoms with Crippen LogP contribution in [0, 0.1) is 24.0 Å². The molecule has 0 bridgehead atoms. The summed E-state index contributed by atoms with van der Waals surface area (Å²) >= 11 is 0. The summed E-state index contributed by atoms with van der Waals surface area (Å²) in [6, 6.07) is 9.94. The van der Waals surface area contributed by atoms with Crippen LogP contribution in [0.5, 0.6) is 11.5 Å². The lowest BCUT2D eigenvalue weighted by molar-refractivity contribution is -0.384. The summed E-state index contributed by atoms with van der Waals surface area (Å²) < 4.78 is 6.97. The third kappa shape index (κ3) is 5.04. The molecule has 160 valence electrons. The second-order valence-corrected chi connectivity index (χ2v) is 6.99. The van der Waals surface area contributed by atoms with Gasteiger partial charge in [-0.2, -0.15) is 5.10 Å². The molecule has 1 heterocycles. The fraction of sp³-hybridized carbons (Fsp3) is 0.190. The molecule has 0 spiro atoms. The van der Waals surface area contributed by atoms with E-state index in [2.05, 4.69) is 10.4 Å². The Kier molecular flexibility index (Phi) is 6.00. The van der Waals surface area contributed by atoms with Crippen LogP contribution in [0.1, 0.15) is 34.6 Å². The molecule has 31 heavy (non-hydrogen) atoms. The molecule has 2 N–H and O–H groups in total. The van der Waals surface area contributed by atoms with E-state index in [-0.39, 0.29) is 22.8 Å². The number of nitro benzene ring substituents is 1. The highest BCUT2D eigenvalue weighted by molar-refractivity contribution is 6.03. The first kappa shape index (κ1) is 21.5. The summed E-state index contributed by atoms with van der Waals surface area (Å²) in [5.41, 5.74) is 1.66. The number of aliphatic carboxylic acids is 1. The minimum Gasteiger partial charge on any atom is -0.480 e. The molecule has 1 amide bonds. The summed E-state index contributed by atoms with van der Waals surface area (Å²) in [5, 5.41) is 26.9. The first-order valence-corrected chi connectivity index (χ1v) is 9.28. The maximum Gasteiger partial charge on any atom is 0.328 e. The van der Waals surface area contributed by atoms with Crippen LogP contribution in [0.3, 0.4) is 0 Å². The van der Waals surface area contributed by atoms with Crippen molar-refractivity contribution in [3.05, 3.63) is 75.6 Å². The van der Waals surface area contributed by atoms with Crippen molar-refractivity contribution >= 4 is 23.3 Å². The number of benzene rings is 2. The smallest absolute Gasteiger partial charge is 0.328 e. The van der Waals surface area contributed by atoms with E-state index in [1.165, 1.54) is 37.4 Å². The van der Waals surface area contributed by atoms with Crippen LogP contribution in [0.4, 0.5) is 11.4 Å². The lowest BCUT2D eigenvalue weighted by Crippen LogP contribution is -2.18. The molecule has 0 saturated heterocycles. The van der Waals surface area contributed by atoms with Crippen molar-refractivity contribution in [3.8, 4) is 11.5 Å². The van der Waals surface area contributed by atoms with Gasteiger partial charge in [-0.1, -0.05) is 12.1 Å². The van der Waals surface area contributed by atoms with Gasteiger partial charge in [0.05, 0.1) is 16.7 Å². The SMILES string of the molecule is Cc1ccc(C)c(Oc2cc(NC(=O)c3ccn(C(C)C(=O)O)n3)cc([N+](=O)[O-])c2)c1. The number of rotatable bonds is 7. The second kappa shape index (κ2) is 8.66. The van der Waals surface area contributed by atoms with Gasteiger partial charge in [-0.25, -0.2) is 4.79 Å². The molecular formula is C21H20N4O6. The molecule has 10 heteroatoms. The third-order valence-corrected chi connectivity index (χ3v) is 4.53. The van der Waals surface area contributed by atoms with Gasteiger partial charge in [0, 0.05) is 18.3 Å². The van der Waals surface area contributed by atoms with Crippen LogP contribution < -0.4 is 10.1 Å². The Labute approximate surface area is 177 Å². The molecule has 0 radical (unpaired) electrons. The molecule has 1 unspecified atom stereocenters. The summed E-state index contributed by atoms with van der Waals surface area (Å²) in [6.45, 7) is 5.17. The lowest BCUT2D eigenvalue weighted by atomic mass is 10.1. The zero-order valence-corrected chi connectivity index (χ0v) is 17.0. The van der Waals surface area contributed by atoms with E-state index < -0.39 is 22.8 Å². The molecule has 1 atom stereocenters. The number of aromatic nitrogens is 2. The Balaban J connectivity index is 1.87. The largest absolute Gasteiger partial charge is 0.480 e. The molecule has 1 aromatic heterocycles. The number of carbonyl (C=O) groups is 2. The van der Waals surface area contributed by atoms with Crippen LogP contribution in [0.25, 0.3) is 0 Å². The Bertz CT molecular complexity index is 1170. The molecule has 0 aliphatic heterocycles. The van der Waals surface area contributed by atoms with Crippen molar-refractivity contribution in [3.63, 3.8) is 0 Å². The number of hydrogen-bond donors (Lipinski definition) is 2. The average Bonchev–Trinajstić information content (AvgIpc) is 3.20. The zero-order chi connectivity index (χ0) is 22.7. The number of nitrogens with zero attached hydrogens (tertiary/aromatic N) is 3. The molecule has 3 rings (SSSR count). The Morgan fingerprint density at radius 1 is 1.19 bits per heavy atom. The van der Waals surface area contributed by atoms with Gasteiger partial charge in [-0.15, -0.1) is 0 Å². The van der Waals surface area contributed by atoms with Gasteiger partial charge < -0.3 is 15.2 Å². The van der Waals surface area contributed by atoms with E-state index in [9.17, 15) is 19.7 Å². The molecule has 0 aliphatic carbocycles. The maximum atomic E-state index is 12.5. The fourth-order valence-electron chi connectivity index (χ4n) is 2.75. The molecule has 10 nitrogen and oxygen atoms in total. The average molecular weight is 424 g/mol. The van der Waals surface area contributed by atoms with Crippen molar-refractivity contribution < 1.29 is 24.4 Å². The van der Waals surface area contributed by atoms with Crippen molar-refractivity contribution in [1.29, 1.82) is 0 Å². The standard InChI is InChI=1S/C21H20N4O6/c1-12-4-5-13(2)19(8-12)31-17-10-15(9-16(11-17)25(29)30)22-20(26)18-6-7-24(23-18)14(3)21(27)28/h4-11,14H,1-3H3,(H,22,26)(H,27,28). The molecule has 3 aromatic rings. The Morgan fingerprint density at radius 2 is 1.94 bits per heavy atom. The molecule has 0 aliphatic rings. The predicted octanol–water partition coefficient (Wildman–Crippen LogP) is 4.10. The highest BCUT2D eigenvalue weighted by atomic mass is 16.6. The van der Waals surface area contributed by atoms with E-state index in [0.29, 0.717) is 5.75 Å². The zero-order valence-electron chi connectivity index (χ0n) is 17.0. The number of carboxylic acid groups (broad SMARTS) is 1. The Morgan fingerprint density at radius 3 is 2.61 bits per heavy atom. The quantitative estimate of drug-likeness (QED) is 0.430. The monoisotopic (exact) mass is 424 g/mol. The summed E-state index contributed by atoms with van der Waals surface area (Å²) in [5.74, 6) is -1.01. The van der Waals surface area contributed by atoms with E-state index in [0.717, 1.165) is 15.8 Å². The van der Waals surface area contributed by atoms with E-state index >= 15 is 0 Å². The van der Waals surface area contributed by atoms with E-state index in [1.54, 1.807) is 0 Å². The van der Waals surface area contributed by atoms with Crippen LogP contribution in [0.2, 0.25) is 0 Å². The van der Waals surface area contributed by atoms with Gasteiger partial charge in [0.2, 0.25) is 0 Å². The number of nitro groups is 1. The normalized spacial score (nSPS) is 11.6. The van der Waals surface area contributed by atoms with Crippen LogP contribution >= 0.6 is 0 Å². The number of ether oxygens (including phenoxy) is 1. The van der Waals surface area contributed by atoms with Gasteiger partial charge in [-0.05, 0) is 44.0 Å². The van der Waals surface area contributed by atoms with Gasteiger partial charge >= 0.3 is 5.97 Å². The van der Waals surface area contributed by atoms with Crippen LogP contribution in [-0.4, -0.2) is 31.7 Å². The van der Waals surface area contributed by atoms with E-state index in [4.69, 9.17) is 9.84 Å². The van der Waals surface area contributed by atoms with Gasteiger partial charge in [-0.3, -0.25) is 19.6 Å². The molecule has 2 aromatic carbocycles. The number of hydrogen-bond acceptors (Lipinski definition) is 6. The number of anilines is 1. The topological polar surface area (TPSA) is 137 Å². The van der Waals surface area contributed by atoms with Crippen molar-refractivity contribution in [1.82, 2.24) is 9.78 Å². The van der Waals surface area contributed by atoms with E-state index in [1.807, 2.05) is 32.0 Å². The van der Waals surface area contributed by atoms with Gasteiger partial charge in [0.1, 0.15) is 17.5 Å². The number of nitrogens with one attached hydrogen (secondary N) is 1. The molecule has 0 saturated carbocycles. The first-order chi connectivity index (χ1) is 14.6. The molecule has 0 fully saturated rings. The lowest BCUT2D eigenvalue weighted by Gasteiger charge is -2.11. The number of carboxylic acids is 1. The minimum atomic E-state index is -1.10. The number of non-ortho nitro benzene ring substituents is 1. The van der Waals surface area contributed by atoms with Crippen LogP contribution in [-0.2, 0) is 4.79 Å². The Hall–Kier alpha value is -4.21. The highest BCUT2D eigenvalue weighted by Crippen LogP contribution is 2.32.